The summed E-state index contributed by atoms with van der Waals surface area (Å²) in [5, 5.41) is 3.79. The number of ether oxygens (including phenoxy) is 2. The second-order valence-corrected chi connectivity index (χ2v) is 7.16. The van der Waals surface area contributed by atoms with E-state index in [4.69, 9.17) is 15.0 Å². The maximum absolute atomic E-state index is 12.8. The van der Waals surface area contributed by atoms with Crippen LogP contribution in [-0.4, -0.2) is 47.7 Å². The van der Waals surface area contributed by atoms with E-state index in [1.165, 1.54) is 4.90 Å². The van der Waals surface area contributed by atoms with E-state index in [-0.39, 0.29) is 30.3 Å². The largest absolute Gasteiger partial charge is 0.376 e. The third-order valence-electron chi connectivity index (χ3n) is 4.50. The summed E-state index contributed by atoms with van der Waals surface area (Å²) < 4.78 is 11.5. The Bertz CT molecular complexity index is 610. The molecular formula is C17H26N4O4. The predicted octanol–water partition coefficient (Wildman–Crippen LogP) is 2.79. The van der Waals surface area contributed by atoms with Crippen molar-refractivity contribution in [2.24, 2.45) is 17.0 Å². The Balaban J connectivity index is 2.21. The van der Waals surface area contributed by atoms with Gasteiger partial charge in [0.05, 0.1) is 24.9 Å². The van der Waals surface area contributed by atoms with Gasteiger partial charge in [-0.25, -0.2) is 0 Å². The monoisotopic (exact) mass is 350 g/mol. The molecule has 2 aliphatic rings. The molecule has 8 heteroatoms. The smallest absolute Gasteiger partial charge is 0.239 e. The van der Waals surface area contributed by atoms with Gasteiger partial charge in [-0.1, -0.05) is 19.0 Å². The molecule has 0 aromatic rings. The molecule has 2 heterocycles. The fourth-order valence-corrected chi connectivity index (χ4v) is 3.18. The number of allylic oxidation sites excluding steroid dienone is 1. The fraction of sp³-hybridized carbons (Fsp3) is 0.765. The number of rotatable bonds is 6. The van der Waals surface area contributed by atoms with Gasteiger partial charge in [-0.15, -0.1) is 0 Å². The Hall–Kier alpha value is -1.89. The van der Waals surface area contributed by atoms with Crippen molar-refractivity contribution in [2.45, 2.75) is 65.5 Å². The SMILES string of the molecule is CC1=CN([C@H]2CC(N=[N+]=[N-])[C@@H](COC(C)C)O2)C(=O)C(C(C)C)C1=O. The van der Waals surface area contributed by atoms with Crippen LogP contribution in [0, 0.1) is 11.8 Å². The molecular weight excluding hydrogens is 324 g/mol. The minimum absolute atomic E-state index is 0.0241. The van der Waals surface area contributed by atoms with Gasteiger partial charge in [-0.2, -0.15) is 0 Å². The topological polar surface area (TPSA) is 105 Å². The van der Waals surface area contributed by atoms with E-state index in [0.717, 1.165) is 0 Å². The van der Waals surface area contributed by atoms with Crippen LogP contribution in [-0.2, 0) is 19.1 Å². The lowest BCUT2D eigenvalue weighted by Gasteiger charge is -2.34. The van der Waals surface area contributed by atoms with E-state index in [0.29, 0.717) is 12.0 Å². The fourth-order valence-electron chi connectivity index (χ4n) is 3.18. The minimum atomic E-state index is -0.697. The Labute approximate surface area is 147 Å². The molecule has 0 N–H and O–H groups in total. The zero-order valence-electron chi connectivity index (χ0n) is 15.4. The summed E-state index contributed by atoms with van der Waals surface area (Å²) >= 11 is 0. The van der Waals surface area contributed by atoms with Gasteiger partial charge in [0, 0.05) is 23.1 Å². The van der Waals surface area contributed by atoms with E-state index in [9.17, 15) is 9.59 Å². The van der Waals surface area contributed by atoms with Crippen molar-refractivity contribution in [3.05, 3.63) is 22.2 Å². The van der Waals surface area contributed by atoms with Crippen molar-refractivity contribution in [1.29, 1.82) is 0 Å². The maximum atomic E-state index is 12.8. The van der Waals surface area contributed by atoms with Gasteiger partial charge >= 0.3 is 0 Å². The highest BCUT2D eigenvalue weighted by Crippen LogP contribution is 2.32. The zero-order valence-corrected chi connectivity index (χ0v) is 15.4. The first-order chi connectivity index (χ1) is 11.8. The predicted molar refractivity (Wildman–Crippen MR) is 91.2 cm³/mol. The highest BCUT2D eigenvalue weighted by molar-refractivity contribution is 6.12. The van der Waals surface area contributed by atoms with Gasteiger partial charge in [0.1, 0.15) is 12.1 Å². The standard InChI is InChI=1S/C17H26N4O4/c1-9(2)15-16(22)11(5)7-21(17(15)23)14-6-12(19-20-18)13(25-14)8-24-10(3)4/h7,9-10,12-15H,6,8H2,1-5H3/t12?,13-,14-,15?/m1/s1. The molecule has 0 bridgehead atoms. The molecule has 8 nitrogen and oxygen atoms in total. The van der Waals surface area contributed by atoms with Crippen molar-refractivity contribution in [1.82, 2.24) is 4.90 Å². The Morgan fingerprint density at radius 2 is 2.08 bits per heavy atom. The molecule has 0 saturated carbocycles. The first-order valence-corrected chi connectivity index (χ1v) is 8.62. The Morgan fingerprint density at radius 1 is 1.40 bits per heavy atom. The van der Waals surface area contributed by atoms with Crippen LogP contribution in [0.15, 0.2) is 16.9 Å². The van der Waals surface area contributed by atoms with Crippen LogP contribution in [0.1, 0.15) is 41.0 Å². The number of Topliss-reactive ketones (excluding diaryl/α,β-unsaturated/α-hetero) is 1. The summed E-state index contributed by atoms with van der Waals surface area (Å²) in [6.07, 6.45) is 0.974. The Kier molecular flexibility index (Phi) is 6.21. The van der Waals surface area contributed by atoms with Crippen LogP contribution in [0.5, 0.6) is 0 Å². The molecule has 0 aliphatic carbocycles. The molecule has 25 heavy (non-hydrogen) atoms. The number of azide groups is 1. The second-order valence-electron chi connectivity index (χ2n) is 7.16. The highest BCUT2D eigenvalue weighted by atomic mass is 16.6. The van der Waals surface area contributed by atoms with Crippen LogP contribution in [0.2, 0.25) is 0 Å². The quantitative estimate of drug-likeness (QED) is 0.318. The molecule has 0 radical (unpaired) electrons. The van der Waals surface area contributed by atoms with Crippen LogP contribution in [0.25, 0.3) is 10.4 Å². The number of hydrogen-bond donors (Lipinski definition) is 0. The molecule has 138 valence electrons. The number of hydrogen-bond acceptors (Lipinski definition) is 5. The van der Waals surface area contributed by atoms with Gasteiger partial charge < -0.3 is 9.47 Å². The number of nitrogens with zero attached hydrogens (tertiary/aromatic N) is 4. The van der Waals surface area contributed by atoms with Crippen LogP contribution in [0.4, 0.5) is 0 Å². The first kappa shape index (κ1) is 19.4. The summed E-state index contributed by atoms with van der Waals surface area (Å²) in [4.78, 5) is 29.5. The average Bonchev–Trinajstić information content (AvgIpc) is 2.92. The van der Waals surface area contributed by atoms with Crippen molar-refractivity contribution < 1.29 is 19.1 Å². The second kappa shape index (κ2) is 7.99. The van der Waals surface area contributed by atoms with E-state index < -0.39 is 24.3 Å². The summed E-state index contributed by atoms with van der Waals surface area (Å²) in [6.45, 7) is 9.53. The molecule has 1 saturated heterocycles. The van der Waals surface area contributed by atoms with Gasteiger partial charge in [0.2, 0.25) is 5.91 Å². The normalized spacial score (nSPS) is 30.0. The van der Waals surface area contributed by atoms with Gasteiger partial charge in [-0.3, -0.25) is 14.5 Å². The maximum Gasteiger partial charge on any atom is 0.239 e. The molecule has 2 aliphatic heterocycles. The van der Waals surface area contributed by atoms with Crippen molar-refractivity contribution >= 4 is 11.7 Å². The van der Waals surface area contributed by atoms with Gasteiger partial charge in [0.25, 0.3) is 0 Å². The lowest BCUT2D eigenvalue weighted by atomic mass is 9.85. The molecule has 1 amide bonds. The molecule has 2 rings (SSSR count). The van der Waals surface area contributed by atoms with Crippen LogP contribution < -0.4 is 0 Å². The molecule has 0 aromatic carbocycles. The summed E-state index contributed by atoms with van der Waals surface area (Å²) in [6, 6.07) is -0.412. The first-order valence-electron chi connectivity index (χ1n) is 8.62. The lowest BCUT2D eigenvalue weighted by Crippen LogP contribution is -2.48. The zero-order chi connectivity index (χ0) is 18.7. The molecule has 4 atom stereocenters. The van der Waals surface area contributed by atoms with E-state index >= 15 is 0 Å². The molecule has 1 fully saturated rings. The van der Waals surface area contributed by atoms with Crippen LogP contribution >= 0.6 is 0 Å². The minimum Gasteiger partial charge on any atom is -0.376 e. The number of amides is 1. The summed E-state index contributed by atoms with van der Waals surface area (Å²) in [7, 11) is 0. The number of carbonyl (C=O) groups excluding carboxylic acids is 2. The average molecular weight is 350 g/mol. The summed E-state index contributed by atoms with van der Waals surface area (Å²) in [5.74, 6) is -1.20. The molecule has 0 spiro atoms. The number of ketones is 1. The van der Waals surface area contributed by atoms with Gasteiger partial charge in [-0.05, 0) is 32.2 Å². The van der Waals surface area contributed by atoms with Crippen molar-refractivity contribution in [3.63, 3.8) is 0 Å². The lowest BCUT2D eigenvalue weighted by molar-refractivity contribution is -0.152. The van der Waals surface area contributed by atoms with Crippen LogP contribution in [0.3, 0.4) is 0 Å². The van der Waals surface area contributed by atoms with Crippen molar-refractivity contribution in [2.75, 3.05) is 6.61 Å². The van der Waals surface area contributed by atoms with E-state index in [1.807, 2.05) is 27.7 Å². The van der Waals surface area contributed by atoms with Crippen molar-refractivity contribution in [3.8, 4) is 0 Å². The summed E-state index contributed by atoms with van der Waals surface area (Å²) in [5.41, 5.74) is 9.32. The Morgan fingerprint density at radius 3 is 2.64 bits per heavy atom. The third kappa shape index (κ3) is 4.21. The van der Waals surface area contributed by atoms with E-state index in [2.05, 4.69) is 10.0 Å². The van der Waals surface area contributed by atoms with Gasteiger partial charge in [0.15, 0.2) is 5.78 Å². The molecule has 2 unspecified atom stereocenters. The molecule has 0 aromatic heterocycles. The highest BCUT2D eigenvalue weighted by Gasteiger charge is 2.44. The number of carbonyl (C=O) groups is 2. The third-order valence-corrected chi connectivity index (χ3v) is 4.50. The van der Waals surface area contributed by atoms with E-state index in [1.54, 1.807) is 13.1 Å².